The number of unbranched alkanes of at least 4 members (excludes halogenated alkanes) is 35. The van der Waals surface area contributed by atoms with Crippen LogP contribution in [0.1, 0.15) is 330 Å². The molecule has 0 amide bonds. The topological polar surface area (TPSA) is 237 Å². The number of carbonyl (C=O) groups is 4. The van der Waals surface area contributed by atoms with E-state index in [0.717, 1.165) is 95.8 Å². The van der Waals surface area contributed by atoms with Gasteiger partial charge in [0.05, 0.1) is 26.4 Å². The van der Waals surface area contributed by atoms with Crippen molar-refractivity contribution in [2.75, 3.05) is 39.6 Å². The summed E-state index contributed by atoms with van der Waals surface area (Å²) in [5.41, 5.74) is 0. The third kappa shape index (κ3) is 60.7. The van der Waals surface area contributed by atoms with Crippen LogP contribution in [0.25, 0.3) is 0 Å². The molecule has 0 bridgehead atoms. The molecule has 0 saturated carbocycles. The molecule has 0 spiro atoms. The van der Waals surface area contributed by atoms with Gasteiger partial charge in [-0.3, -0.25) is 37.3 Å². The molecule has 0 radical (unpaired) electrons. The average molecular weight is 1260 g/mol. The zero-order valence-corrected chi connectivity index (χ0v) is 56.7. The largest absolute Gasteiger partial charge is 0.472 e. The molecule has 19 heteroatoms. The standard InChI is InChI=1S/C66H128O17P2/c1-7-9-11-13-15-17-18-19-22-26-30-37-43-49-64(69)77-54-61(82-65(70)50-44-38-31-27-23-20-21-25-28-34-40-46-58(3)4)56-80-84(72,73)78-52-60(67)53-79-85(74,75)81-57-62(83-66(71)51-45-39-33-32-35-41-47-59(5)6)55-76-63(68)48-42-36-29-24-16-14-12-10-8-2/h58-62,67H,7-57H2,1-6H3,(H,72,73)(H,74,75)/t60-,61-,62-/m1/s1. The first-order valence-corrected chi connectivity index (χ1v) is 37.5. The number of hydrogen-bond acceptors (Lipinski definition) is 15. The van der Waals surface area contributed by atoms with Crippen LogP contribution in [0.2, 0.25) is 0 Å². The number of phosphoric acid groups is 2. The zero-order chi connectivity index (χ0) is 62.9. The van der Waals surface area contributed by atoms with Gasteiger partial charge in [-0.05, 0) is 37.5 Å². The summed E-state index contributed by atoms with van der Waals surface area (Å²) in [6, 6.07) is 0. The summed E-state index contributed by atoms with van der Waals surface area (Å²) in [5, 5.41) is 10.5. The van der Waals surface area contributed by atoms with Crippen LogP contribution in [0.15, 0.2) is 0 Å². The van der Waals surface area contributed by atoms with Crippen molar-refractivity contribution < 1.29 is 80.2 Å². The van der Waals surface area contributed by atoms with Gasteiger partial charge in [-0.1, -0.05) is 279 Å². The van der Waals surface area contributed by atoms with Crippen LogP contribution in [0.5, 0.6) is 0 Å². The number of phosphoric ester groups is 2. The maximum atomic E-state index is 13.0. The maximum Gasteiger partial charge on any atom is 0.472 e. The summed E-state index contributed by atoms with van der Waals surface area (Å²) in [4.78, 5) is 72.3. The van der Waals surface area contributed by atoms with E-state index in [0.29, 0.717) is 31.6 Å². The van der Waals surface area contributed by atoms with E-state index in [1.807, 2.05) is 0 Å². The molecule has 5 atom stereocenters. The molecule has 0 fully saturated rings. The Morgan fingerprint density at radius 1 is 0.318 bits per heavy atom. The molecule has 504 valence electrons. The van der Waals surface area contributed by atoms with Gasteiger partial charge >= 0.3 is 39.5 Å². The number of rotatable bonds is 65. The molecule has 17 nitrogen and oxygen atoms in total. The van der Waals surface area contributed by atoms with Crippen molar-refractivity contribution in [1.29, 1.82) is 0 Å². The Morgan fingerprint density at radius 2 is 0.541 bits per heavy atom. The Kier molecular flexibility index (Phi) is 57.1. The third-order valence-electron chi connectivity index (χ3n) is 15.2. The number of aliphatic hydroxyl groups is 1. The molecule has 3 N–H and O–H groups in total. The van der Waals surface area contributed by atoms with Gasteiger partial charge < -0.3 is 33.8 Å². The minimum absolute atomic E-state index is 0.102. The van der Waals surface area contributed by atoms with Crippen LogP contribution < -0.4 is 0 Å². The third-order valence-corrected chi connectivity index (χ3v) is 17.1. The van der Waals surface area contributed by atoms with Gasteiger partial charge in [0, 0.05) is 25.7 Å². The summed E-state index contributed by atoms with van der Waals surface area (Å²) < 4.78 is 68.0. The van der Waals surface area contributed by atoms with E-state index in [1.54, 1.807) is 0 Å². The molecule has 0 aliphatic rings. The average Bonchev–Trinajstić information content (AvgIpc) is 3.51. The van der Waals surface area contributed by atoms with Crippen molar-refractivity contribution >= 4 is 39.5 Å². The van der Waals surface area contributed by atoms with Crippen LogP contribution in [-0.4, -0.2) is 96.7 Å². The second kappa shape index (κ2) is 58.4. The fraction of sp³-hybridized carbons (Fsp3) is 0.939. The number of ether oxygens (including phenoxy) is 4. The number of aliphatic hydroxyl groups excluding tert-OH is 1. The van der Waals surface area contributed by atoms with Crippen molar-refractivity contribution in [3.05, 3.63) is 0 Å². The van der Waals surface area contributed by atoms with Crippen molar-refractivity contribution in [2.24, 2.45) is 11.8 Å². The predicted octanol–water partition coefficient (Wildman–Crippen LogP) is 18.4. The van der Waals surface area contributed by atoms with Gasteiger partial charge in [0.15, 0.2) is 12.2 Å². The zero-order valence-electron chi connectivity index (χ0n) is 54.9. The summed E-state index contributed by atoms with van der Waals surface area (Å²) in [7, 11) is -9.89. The van der Waals surface area contributed by atoms with Gasteiger partial charge in [-0.25, -0.2) is 9.13 Å². The lowest BCUT2D eigenvalue weighted by atomic mass is 10.0. The molecule has 0 aromatic rings. The highest BCUT2D eigenvalue weighted by atomic mass is 31.2. The van der Waals surface area contributed by atoms with Crippen LogP contribution >= 0.6 is 15.6 Å². The Labute approximate surface area is 517 Å². The fourth-order valence-corrected chi connectivity index (χ4v) is 11.5. The number of hydrogen-bond donors (Lipinski definition) is 3. The van der Waals surface area contributed by atoms with Crippen LogP contribution in [-0.2, 0) is 65.4 Å². The molecular formula is C66H128O17P2. The highest BCUT2D eigenvalue weighted by Gasteiger charge is 2.30. The maximum absolute atomic E-state index is 13.0. The van der Waals surface area contributed by atoms with Gasteiger partial charge in [0.2, 0.25) is 0 Å². The van der Waals surface area contributed by atoms with Gasteiger partial charge in [0.1, 0.15) is 19.3 Å². The van der Waals surface area contributed by atoms with E-state index in [-0.39, 0.29) is 25.7 Å². The Hall–Kier alpha value is -1.94. The molecule has 0 heterocycles. The van der Waals surface area contributed by atoms with E-state index >= 15 is 0 Å². The molecule has 0 saturated heterocycles. The predicted molar refractivity (Wildman–Crippen MR) is 340 cm³/mol. The summed E-state index contributed by atoms with van der Waals surface area (Å²) in [6.07, 6.45) is 41.8. The Balaban J connectivity index is 5.23. The molecule has 2 unspecified atom stereocenters. The van der Waals surface area contributed by atoms with E-state index in [9.17, 15) is 43.2 Å². The first kappa shape index (κ1) is 83.1. The smallest absolute Gasteiger partial charge is 0.462 e. The number of carbonyl (C=O) groups excluding carboxylic acids is 4. The van der Waals surface area contributed by atoms with Crippen LogP contribution in [0.4, 0.5) is 0 Å². The monoisotopic (exact) mass is 1250 g/mol. The van der Waals surface area contributed by atoms with E-state index in [1.165, 1.54) is 148 Å². The molecular weight excluding hydrogens is 1130 g/mol. The normalized spacial score (nSPS) is 14.2. The molecule has 0 aromatic carbocycles. The SMILES string of the molecule is CCCCCCCCCCCCCCCC(=O)OC[C@H](COP(=O)(O)OC[C@@H](O)COP(=O)(O)OC[C@@H](COC(=O)CCCCCCCCCCC)OC(=O)CCCCCCCCC(C)C)OC(=O)CCCCCCCCCCCCCC(C)C. The molecule has 85 heavy (non-hydrogen) atoms. The second-order valence-electron chi connectivity index (χ2n) is 24.8. The van der Waals surface area contributed by atoms with E-state index in [2.05, 4.69) is 41.5 Å². The highest BCUT2D eigenvalue weighted by molar-refractivity contribution is 7.47. The van der Waals surface area contributed by atoms with Crippen molar-refractivity contribution in [2.45, 2.75) is 349 Å². The van der Waals surface area contributed by atoms with Crippen molar-refractivity contribution in [3.8, 4) is 0 Å². The lowest BCUT2D eigenvalue weighted by molar-refractivity contribution is -0.161. The van der Waals surface area contributed by atoms with E-state index in [4.69, 9.17) is 37.0 Å². The van der Waals surface area contributed by atoms with Crippen molar-refractivity contribution in [1.82, 2.24) is 0 Å². The van der Waals surface area contributed by atoms with Crippen molar-refractivity contribution in [3.63, 3.8) is 0 Å². The van der Waals surface area contributed by atoms with Gasteiger partial charge in [0.25, 0.3) is 0 Å². The quantitative estimate of drug-likeness (QED) is 0.0222. The lowest BCUT2D eigenvalue weighted by Gasteiger charge is -2.21. The fourth-order valence-electron chi connectivity index (χ4n) is 9.88. The minimum Gasteiger partial charge on any atom is -0.462 e. The Bertz CT molecular complexity index is 1670. The van der Waals surface area contributed by atoms with Gasteiger partial charge in [-0.2, -0.15) is 0 Å². The Morgan fingerprint density at radius 3 is 0.800 bits per heavy atom. The van der Waals surface area contributed by atoms with Crippen LogP contribution in [0.3, 0.4) is 0 Å². The van der Waals surface area contributed by atoms with E-state index < -0.39 is 97.5 Å². The second-order valence-corrected chi connectivity index (χ2v) is 27.7. The summed E-state index contributed by atoms with van der Waals surface area (Å²) in [5.74, 6) is -0.699. The minimum atomic E-state index is -4.95. The molecule has 0 aromatic heterocycles. The molecule has 0 aliphatic carbocycles. The molecule has 0 rings (SSSR count). The van der Waals surface area contributed by atoms with Crippen LogP contribution in [0, 0.1) is 11.8 Å². The summed E-state index contributed by atoms with van der Waals surface area (Å²) >= 11 is 0. The van der Waals surface area contributed by atoms with Gasteiger partial charge in [-0.15, -0.1) is 0 Å². The first-order valence-electron chi connectivity index (χ1n) is 34.5. The lowest BCUT2D eigenvalue weighted by Crippen LogP contribution is -2.30. The molecule has 0 aliphatic heterocycles. The summed E-state index contributed by atoms with van der Waals surface area (Å²) in [6.45, 7) is 9.41. The highest BCUT2D eigenvalue weighted by Crippen LogP contribution is 2.45. The first-order chi connectivity index (χ1) is 40.9. The number of esters is 4.